The number of amides is 1. The minimum absolute atomic E-state index is 0.226. The highest BCUT2D eigenvalue weighted by molar-refractivity contribution is 7.21. The highest BCUT2D eigenvalue weighted by Gasteiger charge is 2.19. The van der Waals surface area contributed by atoms with Crippen molar-refractivity contribution in [1.82, 2.24) is 5.43 Å². The van der Waals surface area contributed by atoms with E-state index in [1.807, 2.05) is 24.3 Å². The molecule has 0 atom stereocenters. The van der Waals surface area contributed by atoms with Gasteiger partial charge in [-0.05, 0) is 35.9 Å². The molecule has 0 spiro atoms. The van der Waals surface area contributed by atoms with Gasteiger partial charge in [0.25, 0.3) is 5.91 Å². The molecule has 1 N–H and O–H groups in total. The third kappa shape index (κ3) is 5.69. The molecule has 10 heteroatoms. The molecule has 0 aliphatic heterocycles. The Labute approximate surface area is 213 Å². The summed E-state index contributed by atoms with van der Waals surface area (Å²) in [5, 5.41) is 5.62. The van der Waals surface area contributed by atoms with E-state index in [4.69, 9.17) is 44.3 Å². The molecular formula is C24H15Cl3N2O4S. The number of esters is 1. The maximum Gasteiger partial charge on any atom is 0.355 e. The van der Waals surface area contributed by atoms with Gasteiger partial charge in [-0.3, -0.25) is 4.79 Å². The van der Waals surface area contributed by atoms with Gasteiger partial charge in [0, 0.05) is 10.1 Å². The van der Waals surface area contributed by atoms with Crippen LogP contribution in [0, 0.1) is 0 Å². The van der Waals surface area contributed by atoms with Gasteiger partial charge >= 0.3 is 5.97 Å². The minimum atomic E-state index is -0.551. The molecule has 6 nitrogen and oxygen atoms in total. The number of ether oxygens (including phenoxy) is 2. The third-order valence-corrected chi connectivity index (χ3v) is 6.92. The van der Waals surface area contributed by atoms with E-state index in [1.165, 1.54) is 17.6 Å². The Morgan fingerprint density at radius 1 is 0.971 bits per heavy atom. The largest absolute Gasteiger partial charge is 0.482 e. The van der Waals surface area contributed by atoms with Gasteiger partial charge in [-0.2, -0.15) is 5.10 Å². The molecule has 0 saturated heterocycles. The Morgan fingerprint density at radius 3 is 2.59 bits per heavy atom. The van der Waals surface area contributed by atoms with Gasteiger partial charge in [-0.1, -0.05) is 71.2 Å². The van der Waals surface area contributed by atoms with Crippen molar-refractivity contribution in [3.63, 3.8) is 0 Å². The lowest BCUT2D eigenvalue weighted by Crippen LogP contribution is -2.24. The SMILES string of the molecule is O=C(COc1cccc(Cl)c1Cl)NN=Cc1cccc(OC(=O)c2sc3ccccc3c2Cl)c1. The summed E-state index contributed by atoms with van der Waals surface area (Å²) in [5.74, 6) is -0.436. The Morgan fingerprint density at radius 2 is 1.76 bits per heavy atom. The van der Waals surface area contributed by atoms with Gasteiger partial charge in [0.1, 0.15) is 21.4 Å². The van der Waals surface area contributed by atoms with Crippen molar-refractivity contribution in [1.29, 1.82) is 0 Å². The number of halogens is 3. The summed E-state index contributed by atoms with van der Waals surface area (Å²) in [6.07, 6.45) is 1.41. The molecule has 4 rings (SSSR count). The van der Waals surface area contributed by atoms with E-state index in [1.54, 1.807) is 42.5 Å². The van der Waals surface area contributed by atoms with Crippen molar-refractivity contribution >= 4 is 74.3 Å². The molecule has 34 heavy (non-hydrogen) atoms. The first kappa shape index (κ1) is 24.0. The Balaban J connectivity index is 1.34. The summed E-state index contributed by atoms with van der Waals surface area (Å²) in [5.41, 5.74) is 2.95. The normalized spacial score (nSPS) is 11.0. The van der Waals surface area contributed by atoms with E-state index in [0.717, 1.165) is 10.1 Å². The molecule has 0 bridgehead atoms. The summed E-state index contributed by atoms with van der Waals surface area (Å²) < 4.78 is 11.7. The van der Waals surface area contributed by atoms with E-state index in [9.17, 15) is 9.59 Å². The van der Waals surface area contributed by atoms with Gasteiger partial charge in [-0.15, -0.1) is 11.3 Å². The lowest BCUT2D eigenvalue weighted by atomic mass is 10.2. The second-order valence-electron chi connectivity index (χ2n) is 6.84. The van der Waals surface area contributed by atoms with Crippen LogP contribution < -0.4 is 14.9 Å². The van der Waals surface area contributed by atoms with Gasteiger partial charge in [-0.25, -0.2) is 10.2 Å². The zero-order valence-corrected chi connectivity index (χ0v) is 20.3. The molecule has 0 aliphatic rings. The fraction of sp³-hybridized carbons (Fsp3) is 0.0417. The molecule has 3 aromatic carbocycles. The van der Waals surface area contributed by atoms with Crippen LogP contribution in [0.15, 0.2) is 71.8 Å². The van der Waals surface area contributed by atoms with Crippen molar-refractivity contribution in [3.8, 4) is 11.5 Å². The first-order chi connectivity index (χ1) is 16.4. The maximum absolute atomic E-state index is 12.6. The van der Waals surface area contributed by atoms with Crippen LogP contribution in [0.3, 0.4) is 0 Å². The van der Waals surface area contributed by atoms with Crippen LogP contribution in [0.1, 0.15) is 15.2 Å². The molecule has 0 saturated carbocycles. The van der Waals surface area contributed by atoms with Crippen LogP contribution >= 0.6 is 46.1 Å². The standard InChI is InChI=1S/C24H15Cl3N2O4S/c25-17-8-4-9-18(22(17)27)32-13-20(30)29-28-12-14-5-3-6-15(11-14)33-24(31)23-21(26)16-7-1-2-10-19(16)34-23/h1-12H,13H2,(H,29,30). The summed E-state index contributed by atoms with van der Waals surface area (Å²) >= 11 is 19.6. The van der Waals surface area contributed by atoms with Crippen LogP contribution in [0.4, 0.5) is 0 Å². The quantitative estimate of drug-likeness (QED) is 0.125. The van der Waals surface area contributed by atoms with E-state index in [-0.39, 0.29) is 11.6 Å². The number of carbonyl (C=O) groups excluding carboxylic acids is 2. The van der Waals surface area contributed by atoms with E-state index >= 15 is 0 Å². The predicted octanol–water partition coefficient (Wildman–Crippen LogP) is 6.61. The second-order valence-corrected chi connectivity index (χ2v) is 9.05. The lowest BCUT2D eigenvalue weighted by molar-refractivity contribution is -0.123. The van der Waals surface area contributed by atoms with E-state index in [0.29, 0.717) is 32.0 Å². The molecule has 1 heterocycles. The highest BCUT2D eigenvalue weighted by Crippen LogP contribution is 2.36. The zero-order valence-electron chi connectivity index (χ0n) is 17.3. The third-order valence-electron chi connectivity index (χ3n) is 4.47. The first-order valence-electron chi connectivity index (χ1n) is 9.80. The van der Waals surface area contributed by atoms with Crippen LogP contribution in [0.25, 0.3) is 10.1 Å². The molecule has 0 aliphatic carbocycles. The summed E-state index contributed by atoms with van der Waals surface area (Å²) in [4.78, 5) is 24.9. The molecule has 0 unspecified atom stereocenters. The number of carbonyl (C=O) groups is 2. The van der Waals surface area contributed by atoms with Gasteiger partial charge in [0.2, 0.25) is 0 Å². The van der Waals surface area contributed by atoms with Crippen LogP contribution in [0.2, 0.25) is 15.1 Å². The fourth-order valence-corrected chi connectivity index (χ4v) is 4.64. The topological polar surface area (TPSA) is 77.0 Å². The molecule has 172 valence electrons. The number of benzene rings is 3. The first-order valence-corrected chi connectivity index (χ1v) is 11.8. The number of nitrogens with one attached hydrogen (secondary N) is 1. The number of hydrogen-bond donors (Lipinski definition) is 1. The van der Waals surface area contributed by atoms with Crippen molar-refractivity contribution in [2.45, 2.75) is 0 Å². The second kappa shape index (κ2) is 10.9. The van der Waals surface area contributed by atoms with Gasteiger partial charge < -0.3 is 9.47 Å². The lowest BCUT2D eigenvalue weighted by Gasteiger charge is -2.07. The van der Waals surface area contributed by atoms with Crippen molar-refractivity contribution in [3.05, 3.63) is 92.2 Å². The average Bonchev–Trinajstić information content (AvgIpc) is 3.17. The Hall–Kier alpha value is -3.10. The molecule has 4 aromatic rings. The molecule has 1 aromatic heterocycles. The summed E-state index contributed by atoms with van der Waals surface area (Å²) in [7, 11) is 0. The van der Waals surface area contributed by atoms with Crippen LogP contribution in [-0.2, 0) is 4.79 Å². The van der Waals surface area contributed by atoms with Gasteiger partial charge in [0.15, 0.2) is 6.61 Å². The van der Waals surface area contributed by atoms with Crippen molar-refractivity contribution < 1.29 is 19.1 Å². The zero-order chi connectivity index (χ0) is 24.1. The Kier molecular flexibility index (Phi) is 7.70. The highest BCUT2D eigenvalue weighted by atomic mass is 35.5. The number of thiophene rings is 1. The van der Waals surface area contributed by atoms with E-state index < -0.39 is 11.9 Å². The average molecular weight is 534 g/mol. The maximum atomic E-state index is 12.6. The summed E-state index contributed by atoms with van der Waals surface area (Å²) in [6.45, 7) is -0.301. The molecule has 0 fully saturated rings. The number of hydrogen-bond acceptors (Lipinski definition) is 6. The predicted molar refractivity (Wildman–Crippen MR) is 136 cm³/mol. The van der Waals surface area contributed by atoms with Gasteiger partial charge in [0.05, 0.1) is 16.3 Å². The van der Waals surface area contributed by atoms with E-state index in [2.05, 4.69) is 10.5 Å². The fourth-order valence-electron chi connectivity index (χ4n) is 2.91. The number of fused-ring (bicyclic) bond motifs is 1. The van der Waals surface area contributed by atoms with Crippen LogP contribution in [0.5, 0.6) is 11.5 Å². The Bertz CT molecular complexity index is 1400. The monoisotopic (exact) mass is 532 g/mol. The number of nitrogens with zero attached hydrogens (tertiary/aromatic N) is 1. The van der Waals surface area contributed by atoms with Crippen LogP contribution in [-0.4, -0.2) is 24.7 Å². The number of hydrazone groups is 1. The van der Waals surface area contributed by atoms with Crippen molar-refractivity contribution in [2.24, 2.45) is 5.10 Å². The smallest absolute Gasteiger partial charge is 0.355 e. The summed E-state index contributed by atoms with van der Waals surface area (Å²) in [6, 6.07) is 19.0. The van der Waals surface area contributed by atoms with Crippen molar-refractivity contribution in [2.75, 3.05) is 6.61 Å². The number of rotatable bonds is 7. The molecule has 0 radical (unpaired) electrons. The minimum Gasteiger partial charge on any atom is -0.482 e. The molecule has 1 amide bonds. The molecular weight excluding hydrogens is 519 g/mol.